The van der Waals surface area contributed by atoms with Gasteiger partial charge in [0.05, 0.1) is 12.0 Å². The third-order valence-electron chi connectivity index (χ3n) is 4.87. The average molecular weight is 346 g/mol. The number of hydrogen-bond donors (Lipinski definition) is 3. The van der Waals surface area contributed by atoms with E-state index in [2.05, 4.69) is 10.6 Å². The van der Waals surface area contributed by atoms with Crippen molar-refractivity contribution in [1.82, 2.24) is 10.6 Å². The van der Waals surface area contributed by atoms with E-state index in [1.807, 2.05) is 18.2 Å². The zero-order chi connectivity index (χ0) is 18.1. The van der Waals surface area contributed by atoms with Crippen LogP contribution < -0.4 is 10.6 Å². The second-order valence-corrected chi connectivity index (χ2v) is 7.22. The lowest BCUT2D eigenvalue weighted by molar-refractivity contribution is -0.126. The van der Waals surface area contributed by atoms with Crippen molar-refractivity contribution in [3.05, 3.63) is 35.9 Å². The van der Waals surface area contributed by atoms with Gasteiger partial charge in [0.15, 0.2) is 0 Å². The molecule has 1 aliphatic rings. The maximum atomic E-state index is 12.0. The summed E-state index contributed by atoms with van der Waals surface area (Å²) < 4.78 is 0. The molecule has 0 aliphatic heterocycles. The van der Waals surface area contributed by atoms with E-state index in [4.69, 9.17) is 0 Å². The van der Waals surface area contributed by atoms with Gasteiger partial charge in [0, 0.05) is 19.5 Å². The number of hydrogen-bond acceptors (Lipinski definition) is 3. The molecule has 0 aromatic heterocycles. The number of carbonyl (C=O) groups excluding carboxylic acids is 2. The molecule has 1 aromatic carbocycles. The molecule has 0 radical (unpaired) electrons. The summed E-state index contributed by atoms with van der Waals surface area (Å²) in [5.74, 6) is 0.358. The molecule has 2 amide bonds. The van der Waals surface area contributed by atoms with Gasteiger partial charge in [-0.05, 0) is 31.2 Å². The minimum Gasteiger partial charge on any atom is -0.385 e. The fraction of sp³-hybridized carbons (Fsp3) is 0.600. The molecular weight excluding hydrogens is 316 g/mol. The van der Waals surface area contributed by atoms with Crippen molar-refractivity contribution in [2.45, 2.75) is 57.5 Å². The van der Waals surface area contributed by atoms with Crippen LogP contribution in [0.15, 0.2) is 30.3 Å². The van der Waals surface area contributed by atoms with Crippen LogP contribution in [0.25, 0.3) is 0 Å². The Bertz CT molecular complexity index is 551. The molecular formula is C20H30N2O3. The average Bonchev–Trinajstić information content (AvgIpc) is 2.60. The first kappa shape index (κ1) is 19.4. The summed E-state index contributed by atoms with van der Waals surface area (Å²) in [7, 11) is 0. The minimum absolute atomic E-state index is 0.00691. The highest BCUT2D eigenvalue weighted by molar-refractivity contribution is 5.78. The van der Waals surface area contributed by atoms with E-state index in [9.17, 15) is 14.7 Å². The van der Waals surface area contributed by atoms with Crippen LogP contribution >= 0.6 is 0 Å². The third kappa shape index (κ3) is 6.86. The first-order valence-electron chi connectivity index (χ1n) is 9.29. The third-order valence-corrected chi connectivity index (χ3v) is 4.87. The van der Waals surface area contributed by atoms with Crippen molar-refractivity contribution < 1.29 is 14.7 Å². The van der Waals surface area contributed by atoms with Gasteiger partial charge in [-0.25, -0.2) is 0 Å². The monoisotopic (exact) mass is 346 g/mol. The Morgan fingerprint density at radius 1 is 1.04 bits per heavy atom. The summed E-state index contributed by atoms with van der Waals surface area (Å²) in [6.07, 6.45) is 6.64. The summed E-state index contributed by atoms with van der Waals surface area (Å²) >= 11 is 0. The van der Waals surface area contributed by atoms with Crippen LogP contribution in [0, 0.1) is 5.92 Å². The van der Waals surface area contributed by atoms with Gasteiger partial charge in [-0.1, -0.05) is 49.6 Å². The molecule has 2 rings (SSSR count). The summed E-state index contributed by atoms with van der Waals surface area (Å²) in [6.45, 7) is 2.43. The number of benzene rings is 1. The molecule has 5 nitrogen and oxygen atoms in total. The van der Waals surface area contributed by atoms with Crippen molar-refractivity contribution in [3.63, 3.8) is 0 Å². The topological polar surface area (TPSA) is 78.4 Å². The van der Waals surface area contributed by atoms with Gasteiger partial charge in [-0.2, -0.15) is 0 Å². The number of rotatable bonds is 8. The van der Waals surface area contributed by atoms with Gasteiger partial charge < -0.3 is 15.7 Å². The molecule has 0 spiro atoms. The van der Waals surface area contributed by atoms with E-state index in [1.54, 1.807) is 19.1 Å². The quantitative estimate of drug-likeness (QED) is 0.633. The van der Waals surface area contributed by atoms with Gasteiger partial charge in [-0.3, -0.25) is 9.59 Å². The molecule has 138 valence electrons. The van der Waals surface area contributed by atoms with Crippen LogP contribution in [0.2, 0.25) is 0 Å². The zero-order valence-corrected chi connectivity index (χ0v) is 15.1. The van der Waals surface area contributed by atoms with Gasteiger partial charge in [0.1, 0.15) is 0 Å². The maximum Gasteiger partial charge on any atom is 0.223 e. The Morgan fingerprint density at radius 3 is 2.28 bits per heavy atom. The van der Waals surface area contributed by atoms with Crippen molar-refractivity contribution in [2.24, 2.45) is 5.92 Å². The normalized spacial score (nSPS) is 17.5. The molecule has 0 heterocycles. The van der Waals surface area contributed by atoms with Crippen LogP contribution in [0.1, 0.15) is 57.4 Å². The molecule has 1 atom stereocenters. The van der Waals surface area contributed by atoms with Gasteiger partial charge in [0.2, 0.25) is 11.8 Å². The summed E-state index contributed by atoms with van der Waals surface area (Å²) in [5, 5.41) is 16.1. The summed E-state index contributed by atoms with van der Waals surface area (Å²) in [4.78, 5) is 23.9. The summed E-state index contributed by atoms with van der Waals surface area (Å²) in [6, 6.07) is 9.15. The molecule has 1 aliphatic carbocycles. The van der Waals surface area contributed by atoms with Crippen LogP contribution in [-0.2, 0) is 15.2 Å². The molecule has 1 unspecified atom stereocenters. The van der Waals surface area contributed by atoms with E-state index in [0.29, 0.717) is 31.0 Å². The number of carbonyl (C=O) groups is 2. The van der Waals surface area contributed by atoms with E-state index in [1.165, 1.54) is 19.3 Å². The first-order chi connectivity index (χ1) is 12.0. The number of amides is 2. The van der Waals surface area contributed by atoms with Crippen LogP contribution in [0.4, 0.5) is 0 Å². The van der Waals surface area contributed by atoms with Crippen molar-refractivity contribution in [2.75, 3.05) is 13.1 Å². The Kier molecular flexibility index (Phi) is 7.44. The van der Waals surface area contributed by atoms with Crippen LogP contribution in [0.3, 0.4) is 0 Å². The maximum absolute atomic E-state index is 12.0. The van der Waals surface area contributed by atoms with Crippen LogP contribution in [0.5, 0.6) is 0 Å². The Hall–Kier alpha value is -1.88. The Balaban J connectivity index is 1.62. The molecule has 25 heavy (non-hydrogen) atoms. The van der Waals surface area contributed by atoms with Gasteiger partial charge in [0.25, 0.3) is 0 Å². The highest BCUT2D eigenvalue weighted by Crippen LogP contribution is 2.26. The highest BCUT2D eigenvalue weighted by atomic mass is 16.3. The lowest BCUT2D eigenvalue weighted by atomic mass is 9.87. The largest absolute Gasteiger partial charge is 0.385 e. The lowest BCUT2D eigenvalue weighted by Crippen LogP contribution is -2.38. The molecule has 0 saturated heterocycles. The lowest BCUT2D eigenvalue weighted by Gasteiger charge is -2.23. The molecule has 1 aromatic rings. The predicted octanol–water partition coefficient (Wildman–Crippen LogP) is 2.49. The number of nitrogens with one attached hydrogen (secondary N) is 2. The van der Waals surface area contributed by atoms with Crippen molar-refractivity contribution in [1.29, 1.82) is 0 Å². The minimum atomic E-state index is -1.20. The second-order valence-electron chi connectivity index (χ2n) is 7.22. The zero-order valence-electron chi connectivity index (χ0n) is 15.1. The van der Waals surface area contributed by atoms with E-state index >= 15 is 0 Å². The fourth-order valence-corrected chi connectivity index (χ4v) is 3.40. The SMILES string of the molecule is CC(O)(CC(=O)NCCNC(=O)CC1CCCCC1)c1ccccc1. The molecule has 5 heteroatoms. The van der Waals surface area contributed by atoms with E-state index in [0.717, 1.165) is 12.8 Å². The number of aliphatic hydroxyl groups is 1. The van der Waals surface area contributed by atoms with Crippen molar-refractivity contribution in [3.8, 4) is 0 Å². The summed E-state index contributed by atoms with van der Waals surface area (Å²) in [5.41, 5.74) is -0.485. The predicted molar refractivity (Wildman–Crippen MR) is 97.8 cm³/mol. The molecule has 1 fully saturated rings. The van der Waals surface area contributed by atoms with Gasteiger partial charge in [-0.15, -0.1) is 0 Å². The fourth-order valence-electron chi connectivity index (χ4n) is 3.40. The molecule has 1 saturated carbocycles. The second kappa shape index (κ2) is 9.56. The van der Waals surface area contributed by atoms with E-state index < -0.39 is 5.60 Å². The standard InChI is InChI=1S/C20H30N2O3/c1-20(25,17-10-6-3-7-11-17)15-19(24)22-13-12-21-18(23)14-16-8-4-2-5-9-16/h3,6-7,10-11,16,25H,2,4-5,8-9,12-15H2,1H3,(H,21,23)(H,22,24). The van der Waals surface area contributed by atoms with E-state index in [-0.39, 0.29) is 18.2 Å². The highest BCUT2D eigenvalue weighted by Gasteiger charge is 2.26. The van der Waals surface area contributed by atoms with Crippen LogP contribution in [-0.4, -0.2) is 30.0 Å². The molecule has 3 N–H and O–H groups in total. The van der Waals surface area contributed by atoms with Crippen molar-refractivity contribution >= 4 is 11.8 Å². The smallest absolute Gasteiger partial charge is 0.223 e. The first-order valence-corrected chi connectivity index (χ1v) is 9.29. The van der Waals surface area contributed by atoms with Gasteiger partial charge >= 0.3 is 0 Å². The Labute approximate surface area is 150 Å². The molecule has 0 bridgehead atoms. The Morgan fingerprint density at radius 2 is 1.64 bits per heavy atom.